The summed E-state index contributed by atoms with van der Waals surface area (Å²) in [5.41, 5.74) is 0.720. The van der Waals surface area contributed by atoms with Crippen LogP contribution in [0.5, 0.6) is 11.6 Å². The molecular weight excluding hydrogens is 218 g/mol. The van der Waals surface area contributed by atoms with Crippen molar-refractivity contribution in [2.45, 2.75) is 6.61 Å². The first-order valence-corrected chi connectivity index (χ1v) is 5.21. The van der Waals surface area contributed by atoms with Gasteiger partial charge in [0.1, 0.15) is 5.75 Å². The molecule has 0 radical (unpaired) electrons. The highest BCUT2D eigenvalue weighted by Crippen LogP contribution is 2.23. The maximum absolute atomic E-state index is 9.17. The first-order chi connectivity index (χ1) is 8.33. The topological polar surface area (TPSA) is 67.3 Å². The van der Waals surface area contributed by atoms with E-state index in [0.29, 0.717) is 17.6 Å². The van der Waals surface area contributed by atoms with Gasteiger partial charge in [-0.3, -0.25) is 0 Å². The lowest BCUT2D eigenvalue weighted by atomic mass is 10.2. The third-order valence-corrected chi connectivity index (χ3v) is 2.21. The first kappa shape index (κ1) is 11.3. The lowest BCUT2D eigenvalue weighted by molar-refractivity contribution is 0.276. The van der Waals surface area contributed by atoms with Crippen molar-refractivity contribution in [3.05, 3.63) is 42.1 Å². The minimum atomic E-state index is -0.0693. The van der Waals surface area contributed by atoms with Gasteiger partial charge in [-0.2, -0.15) is 4.98 Å². The lowest BCUT2D eigenvalue weighted by Gasteiger charge is -2.08. The standard InChI is InChI=1S/C12H13N3O2/c1-13-12-14-7-6-11(15-12)17-10-5-3-2-4-9(10)8-16/h2-7,16H,8H2,1H3,(H,13,14,15). The van der Waals surface area contributed by atoms with Gasteiger partial charge in [-0.25, -0.2) is 4.98 Å². The summed E-state index contributed by atoms with van der Waals surface area (Å²) in [6.45, 7) is -0.0693. The van der Waals surface area contributed by atoms with Crippen LogP contribution >= 0.6 is 0 Å². The van der Waals surface area contributed by atoms with Crippen LogP contribution in [0, 0.1) is 0 Å². The van der Waals surface area contributed by atoms with E-state index in [9.17, 15) is 5.11 Å². The third-order valence-electron chi connectivity index (χ3n) is 2.21. The monoisotopic (exact) mass is 231 g/mol. The molecule has 2 aromatic rings. The van der Waals surface area contributed by atoms with Gasteiger partial charge in [0, 0.05) is 24.9 Å². The molecule has 1 heterocycles. The normalized spacial score (nSPS) is 10.0. The van der Waals surface area contributed by atoms with Gasteiger partial charge >= 0.3 is 0 Å². The molecule has 0 saturated heterocycles. The van der Waals surface area contributed by atoms with E-state index >= 15 is 0 Å². The number of hydrogen-bond donors (Lipinski definition) is 2. The lowest BCUT2D eigenvalue weighted by Crippen LogP contribution is -1.98. The van der Waals surface area contributed by atoms with Crippen LogP contribution in [0.15, 0.2) is 36.5 Å². The highest BCUT2D eigenvalue weighted by Gasteiger charge is 2.04. The number of para-hydroxylation sites is 1. The maximum atomic E-state index is 9.17. The predicted molar refractivity (Wildman–Crippen MR) is 64.0 cm³/mol. The Hall–Kier alpha value is -2.14. The van der Waals surface area contributed by atoms with Crippen molar-refractivity contribution in [1.82, 2.24) is 9.97 Å². The van der Waals surface area contributed by atoms with Gasteiger partial charge in [0.25, 0.3) is 0 Å². The molecule has 5 nitrogen and oxygen atoms in total. The number of hydrogen-bond acceptors (Lipinski definition) is 5. The number of aliphatic hydroxyl groups is 1. The Morgan fingerprint density at radius 1 is 1.29 bits per heavy atom. The van der Waals surface area contributed by atoms with Crippen LogP contribution in [-0.4, -0.2) is 22.1 Å². The van der Waals surface area contributed by atoms with Crippen molar-refractivity contribution >= 4 is 5.95 Å². The van der Waals surface area contributed by atoms with Gasteiger partial charge < -0.3 is 15.2 Å². The Labute approximate surface area is 99.1 Å². The molecule has 5 heteroatoms. The number of aromatic nitrogens is 2. The fourth-order valence-corrected chi connectivity index (χ4v) is 1.37. The smallest absolute Gasteiger partial charge is 0.225 e. The quantitative estimate of drug-likeness (QED) is 0.839. The van der Waals surface area contributed by atoms with Gasteiger partial charge in [-0.1, -0.05) is 18.2 Å². The maximum Gasteiger partial charge on any atom is 0.225 e. The number of ether oxygens (including phenoxy) is 1. The Morgan fingerprint density at radius 2 is 2.12 bits per heavy atom. The summed E-state index contributed by atoms with van der Waals surface area (Å²) in [6, 6.07) is 8.93. The zero-order valence-corrected chi connectivity index (χ0v) is 9.42. The molecule has 0 spiro atoms. The molecule has 0 unspecified atom stereocenters. The molecule has 0 bridgehead atoms. The van der Waals surface area contributed by atoms with Crippen LogP contribution in [0.4, 0.5) is 5.95 Å². The molecule has 0 aliphatic heterocycles. The summed E-state index contributed by atoms with van der Waals surface area (Å²) in [6.07, 6.45) is 1.61. The van der Waals surface area contributed by atoms with Crippen LogP contribution in [0.3, 0.4) is 0 Å². The molecule has 2 rings (SSSR count). The first-order valence-electron chi connectivity index (χ1n) is 5.21. The summed E-state index contributed by atoms with van der Waals surface area (Å²) in [7, 11) is 1.74. The number of nitrogens with one attached hydrogen (secondary N) is 1. The Bertz CT molecular complexity index is 503. The number of aliphatic hydroxyl groups excluding tert-OH is 1. The largest absolute Gasteiger partial charge is 0.438 e. The second-order valence-electron chi connectivity index (χ2n) is 3.34. The molecule has 88 valence electrons. The number of nitrogens with zero attached hydrogens (tertiary/aromatic N) is 2. The average Bonchev–Trinajstić information content (AvgIpc) is 2.39. The summed E-state index contributed by atoms with van der Waals surface area (Å²) >= 11 is 0. The van der Waals surface area contributed by atoms with E-state index in [-0.39, 0.29) is 6.61 Å². The van der Waals surface area contributed by atoms with E-state index in [4.69, 9.17) is 4.74 Å². The van der Waals surface area contributed by atoms with Crippen molar-refractivity contribution in [3.63, 3.8) is 0 Å². The molecule has 0 atom stereocenters. The second kappa shape index (κ2) is 5.27. The Balaban J connectivity index is 2.24. The van der Waals surface area contributed by atoms with Crippen molar-refractivity contribution in [1.29, 1.82) is 0 Å². The van der Waals surface area contributed by atoms with E-state index in [0.717, 1.165) is 5.56 Å². The molecule has 1 aromatic heterocycles. The predicted octanol–water partition coefficient (Wildman–Crippen LogP) is 1.80. The van der Waals surface area contributed by atoms with Crippen LogP contribution in [0.2, 0.25) is 0 Å². The molecule has 0 aliphatic carbocycles. The Morgan fingerprint density at radius 3 is 2.88 bits per heavy atom. The second-order valence-corrected chi connectivity index (χ2v) is 3.34. The molecule has 2 N–H and O–H groups in total. The number of rotatable bonds is 4. The zero-order chi connectivity index (χ0) is 12.1. The molecule has 1 aromatic carbocycles. The van der Waals surface area contributed by atoms with Gasteiger partial charge in [-0.05, 0) is 6.07 Å². The fraction of sp³-hybridized carbons (Fsp3) is 0.167. The SMILES string of the molecule is CNc1nccc(Oc2ccccc2CO)n1. The minimum absolute atomic E-state index is 0.0693. The van der Waals surface area contributed by atoms with Crippen LogP contribution in [0.25, 0.3) is 0 Å². The van der Waals surface area contributed by atoms with Gasteiger partial charge in [0.2, 0.25) is 11.8 Å². The zero-order valence-electron chi connectivity index (χ0n) is 9.42. The number of anilines is 1. The fourth-order valence-electron chi connectivity index (χ4n) is 1.37. The number of benzene rings is 1. The Kier molecular flexibility index (Phi) is 3.52. The molecule has 0 saturated carbocycles. The van der Waals surface area contributed by atoms with E-state index in [1.54, 1.807) is 31.4 Å². The van der Waals surface area contributed by atoms with Crippen LogP contribution in [-0.2, 0) is 6.61 Å². The van der Waals surface area contributed by atoms with Crippen LogP contribution in [0.1, 0.15) is 5.56 Å². The van der Waals surface area contributed by atoms with Gasteiger partial charge in [0.05, 0.1) is 6.61 Å². The van der Waals surface area contributed by atoms with E-state index in [1.807, 2.05) is 12.1 Å². The summed E-state index contributed by atoms with van der Waals surface area (Å²) in [5.74, 6) is 1.52. The van der Waals surface area contributed by atoms with Crippen molar-refractivity contribution in [2.24, 2.45) is 0 Å². The summed E-state index contributed by atoms with van der Waals surface area (Å²) in [5, 5.41) is 12.0. The molecule has 17 heavy (non-hydrogen) atoms. The molecule has 0 amide bonds. The van der Waals surface area contributed by atoms with Crippen molar-refractivity contribution < 1.29 is 9.84 Å². The highest BCUT2D eigenvalue weighted by atomic mass is 16.5. The minimum Gasteiger partial charge on any atom is -0.438 e. The van der Waals surface area contributed by atoms with Crippen molar-refractivity contribution in [2.75, 3.05) is 12.4 Å². The summed E-state index contributed by atoms with van der Waals surface area (Å²) < 4.78 is 5.59. The third kappa shape index (κ3) is 2.70. The molecular formula is C12H13N3O2. The molecule has 0 fully saturated rings. The van der Waals surface area contributed by atoms with Gasteiger partial charge in [-0.15, -0.1) is 0 Å². The highest BCUT2D eigenvalue weighted by molar-refractivity contribution is 5.36. The summed E-state index contributed by atoms with van der Waals surface area (Å²) in [4.78, 5) is 8.13. The van der Waals surface area contributed by atoms with Crippen molar-refractivity contribution in [3.8, 4) is 11.6 Å². The molecule has 0 aliphatic rings. The van der Waals surface area contributed by atoms with Gasteiger partial charge in [0.15, 0.2) is 0 Å². The van der Waals surface area contributed by atoms with E-state index in [2.05, 4.69) is 15.3 Å². The average molecular weight is 231 g/mol. The van der Waals surface area contributed by atoms with Crippen LogP contribution < -0.4 is 10.1 Å². The van der Waals surface area contributed by atoms with E-state index in [1.165, 1.54) is 0 Å². The van der Waals surface area contributed by atoms with E-state index < -0.39 is 0 Å².